The van der Waals surface area contributed by atoms with Gasteiger partial charge in [0, 0.05) is 31.7 Å². The lowest BCUT2D eigenvalue weighted by Gasteiger charge is -2.32. The monoisotopic (exact) mass is 352 g/mol. The fourth-order valence-electron chi connectivity index (χ4n) is 3.18. The van der Waals surface area contributed by atoms with Gasteiger partial charge < -0.3 is 10.2 Å². The summed E-state index contributed by atoms with van der Waals surface area (Å²) >= 11 is 0. The molecule has 1 aromatic carbocycles. The van der Waals surface area contributed by atoms with Gasteiger partial charge in [-0.15, -0.1) is 0 Å². The van der Waals surface area contributed by atoms with Crippen molar-refractivity contribution in [2.75, 3.05) is 24.5 Å². The highest BCUT2D eigenvalue weighted by molar-refractivity contribution is 5.79. The molecule has 2 aromatic rings. The highest BCUT2D eigenvalue weighted by Gasteiger charge is 2.25. The van der Waals surface area contributed by atoms with Crippen molar-refractivity contribution in [3.05, 3.63) is 59.5 Å². The fraction of sp³-hybridized carbons (Fsp3) is 0.350. The van der Waals surface area contributed by atoms with E-state index in [0.29, 0.717) is 24.1 Å². The maximum Gasteiger partial charge on any atom is 0.223 e. The number of anilines is 1. The minimum absolute atomic E-state index is 0.0229. The summed E-state index contributed by atoms with van der Waals surface area (Å²) in [6, 6.07) is 12.3. The molecule has 0 radical (unpaired) electrons. The lowest BCUT2D eigenvalue weighted by molar-refractivity contribution is -0.125. The van der Waals surface area contributed by atoms with Crippen molar-refractivity contribution in [1.29, 1.82) is 5.26 Å². The Hall–Kier alpha value is -2.94. The highest BCUT2D eigenvalue weighted by Crippen LogP contribution is 2.22. The van der Waals surface area contributed by atoms with E-state index in [2.05, 4.69) is 21.3 Å². The normalized spacial score (nSPS) is 14.7. The molecule has 0 unspecified atom stereocenters. The molecule has 1 aromatic heterocycles. The molecule has 1 N–H and O–H groups in total. The maximum atomic E-state index is 13.6. The minimum atomic E-state index is -0.232. The molecule has 1 saturated heterocycles. The molecular weight excluding hydrogens is 331 g/mol. The van der Waals surface area contributed by atoms with Gasteiger partial charge in [0.05, 0.1) is 5.56 Å². The number of nitriles is 1. The van der Waals surface area contributed by atoms with E-state index in [-0.39, 0.29) is 17.6 Å². The van der Waals surface area contributed by atoms with Crippen LogP contribution in [0.4, 0.5) is 10.2 Å². The third kappa shape index (κ3) is 4.37. The van der Waals surface area contributed by atoms with Crippen molar-refractivity contribution >= 4 is 11.7 Å². The number of hydrogen-bond acceptors (Lipinski definition) is 4. The first-order chi connectivity index (χ1) is 12.7. The van der Waals surface area contributed by atoms with E-state index in [9.17, 15) is 9.18 Å². The molecule has 26 heavy (non-hydrogen) atoms. The van der Waals surface area contributed by atoms with Crippen molar-refractivity contribution in [1.82, 2.24) is 10.3 Å². The number of aromatic nitrogens is 1. The number of hydrogen-bond donors (Lipinski definition) is 1. The number of carbonyl (C=O) groups is 1. The molecule has 2 heterocycles. The highest BCUT2D eigenvalue weighted by atomic mass is 19.1. The van der Waals surface area contributed by atoms with E-state index in [0.717, 1.165) is 31.7 Å². The number of nitrogens with zero attached hydrogens (tertiary/aromatic N) is 3. The number of nitrogens with one attached hydrogen (secondary N) is 1. The number of rotatable bonds is 5. The Morgan fingerprint density at radius 2 is 2.04 bits per heavy atom. The smallest absolute Gasteiger partial charge is 0.223 e. The van der Waals surface area contributed by atoms with Crippen LogP contribution in [-0.2, 0) is 11.2 Å². The summed E-state index contributed by atoms with van der Waals surface area (Å²) in [7, 11) is 0. The molecule has 134 valence electrons. The first kappa shape index (κ1) is 17.9. The lowest BCUT2D eigenvalue weighted by Crippen LogP contribution is -2.41. The third-order valence-electron chi connectivity index (χ3n) is 4.72. The maximum absolute atomic E-state index is 13.6. The van der Waals surface area contributed by atoms with Crippen LogP contribution in [-0.4, -0.2) is 30.5 Å². The van der Waals surface area contributed by atoms with Crippen LogP contribution in [0.5, 0.6) is 0 Å². The summed E-state index contributed by atoms with van der Waals surface area (Å²) < 4.78 is 13.6. The van der Waals surface area contributed by atoms with Gasteiger partial charge >= 0.3 is 0 Å². The average Bonchev–Trinajstić information content (AvgIpc) is 2.69. The molecule has 5 nitrogen and oxygen atoms in total. The van der Waals surface area contributed by atoms with Gasteiger partial charge in [-0.2, -0.15) is 5.26 Å². The Labute approximate surface area is 152 Å². The lowest BCUT2D eigenvalue weighted by atomic mass is 9.95. The Kier molecular flexibility index (Phi) is 5.80. The van der Waals surface area contributed by atoms with Gasteiger partial charge in [-0.3, -0.25) is 4.79 Å². The van der Waals surface area contributed by atoms with E-state index in [4.69, 9.17) is 5.26 Å². The number of amides is 1. The fourth-order valence-corrected chi connectivity index (χ4v) is 3.18. The molecule has 6 heteroatoms. The van der Waals surface area contributed by atoms with Crippen molar-refractivity contribution in [3.63, 3.8) is 0 Å². The zero-order valence-electron chi connectivity index (χ0n) is 14.5. The largest absolute Gasteiger partial charge is 0.357 e. The second-order valence-corrected chi connectivity index (χ2v) is 6.41. The Morgan fingerprint density at radius 3 is 2.69 bits per heavy atom. The summed E-state index contributed by atoms with van der Waals surface area (Å²) in [6.07, 6.45) is 3.57. The molecule has 0 aliphatic carbocycles. The van der Waals surface area contributed by atoms with E-state index in [1.54, 1.807) is 30.5 Å². The van der Waals surface area contributed by atoms with Crippen LogP contribution in [0.1, 0.15) is 24.0 Å². The van der Waals surface area contributed by atoms with E-state index in [1.165, 1.54) is 6.07 Å². The van der Waals surface area contributed by atoms with Gasteiger partial charge in [-0.1, -0.05) is 18.2 Å². The molecule has 1 fully saturated rings. The topological polar surface area (TPSA) is 69.0 Å². The van der Waals surface area contributed by atoms with Gasteiger partial charge in [0.2, 0.25) is 5.91 Å². The average molecular weight is 352 g/mol. The SMILES string of the molecule is N#Cc1ccc(N2CCC(C(=O)NCCc3ccccc3F)CC2)nc1. The second-order valence-electron chi connectivity index (χ2n) is 6.41. The summed E-state index contributed by atoms with van der Waals surface area (Å²) in [5.41, 5.74) is 1.16. The van der Waals surface area contributed by atoms with Crippen LogP contribution in [0.25, 0.3) is 0 Å². The van der Waals surface area contributed by atoms with Gasteiger partial charge in [0.15, 0.2) is 0 Å². The molecular formula is C20H21FN4O. The summed E-state index contributed by atoms with van der Waals surface area (Å²) in [5, 5.41) is 11.7. The van der Waals surface area contributed by atoms with Gasteiger partial charge in [0.25, 0.3) is 0 Å². The zero-order chi connectivity index (χ0) is 18.4. The van der Waals surface area contributed by atoms with Crippen molar-refractivity contribution in [3.8, 4) is 6.07 Å². The predicted octanol–water partition coefficient (Wildman–Crippen LogP) is 2.67. The summed E-state index contributed by atoms with van der Waals surface area (Å²) in [5.74, 6) is 0.617. The van der Waals surface area contributed by atoms with Crippen molar-refractivity contribution < 1.29 is 9.18 Å². The molecule has 0 saturated carbocycles. The van der Waals surface area contributed by atoms with Crippen LogP contribution >= 0.6 is 0 Å². The van der Waals surface area contributed by atoms with Crippen LogP contribution in [0.15, 0.2) is 42.6 Å². The van der Waals surface area contributed by atoms with Gasteiger partial charge in [-0.05, 0) is 43.0 Å². The molecule has 1 aliphatic heterocycles. The third-order valence-corrected chi connectivity index (χ3v) is 4.72. The molecule has 0 spiro atoms. The molecule has 0 atom stereocenters. The molecule has 0 bridgehead atoms. The zero-order valence-corrected chi connectivity index (χ0v) is 14.5. The van der Waals surface area contributed by atoms with Crippen LogP contribution in [0, 0.1) is 23.1 Å². The Morgan fingerprint density at radius 1 is 1.27 bits per heavy atom. The quantitative estimate of drug-likeness (QED) is 0.898. The number of halogens is 1. The second kappa shape index (κ2) is 8.43. The predicted molar refractivity (Wildman–Crippen MR) is 97.0 cm³/mol. The Bertz CT molecular complexity index is 792. The Balaban J connectivity index is 1.44. The number of benzene rings is 1. The standard InChI is InChI=1S/C20H21FN4O/c21-18-4-2-1-3-16(18)7-10-23-20(26)17-8-11-25(12-9-17)19-6-5-15(13-22)14-24-19/h1-6,14,17H,7-12H2,(H,23,26). The van der Waals surface area contributed by atoms with Crippen molar-refractivity contribution in [2.24, 2.45) is 5.92 Å². The molecule has 1 amide bonds. The van der Waals surface area contributed by atoms with Crippen LogP contribution < -0.4 is 10.2 Å². The summed E-state index contributed by atoms with van der Waals surface area (Å²) in [6.45, 7) is 1.95. The van der Waals surface area contributed by atoms with E-state index < -0.39 is 0 Å². The van der Waals surface area contributed by atoms with Crippen molar-refractivity contribution in [2.45, 2.75) is 19.3 Å². The number of pyridine rings is 1. The first-order valence-electron chi connectivity index (χ1n) is 8.79. The van der Waals surface area contributed by atoms with Crippen LogP contribution in [0.2, 0.25) is 0 Å². The summed E-state index contributed by atoms with van der Waals surface area (Å²) in [4.78, 5) is 18.8. The minimum Gasteiger partial charge on any atom is -0.357 e. The molecule has 1 aliphatic rings. The van der Waals surface area contributed by atoms with E-state index >= 15 is 0 Å². The van der Waals surface area contributed by atoms with Gasteiger partial charge in [0.1, 0.15) is 17.7 Å². The van der Waals surface area contributed by atoms with Gasteiger partial charge in [-0.25, -0.2) is 9.37 Å². The first-order valence-corrected chi connectivity index (χ1v) is 8.79. The number of piperidine rings is 1. The number of carbonyl (C=O) groups excluding carboxylic acids is 1. The van der Waals surface area contributed by atoms with E-state index in [1.807, 2.05) is 6.07 Å². The molecule has 3 rings (SSSR count). The van der Waals surface area contributed by atoms with Crippen LogP contribution in [0.3, 0.4) is 0 Å².